The van der Waals surface area contributed by atoms with E-state index in [1.54, 1.807) is 0 Å². The van der Waals surface area contributed by atoms with Crippen molar-refractivity contribution in [3.8, 4) is 0 Å². The van der Waals surface area contributed by atoms with Crippen molar-refractivity contribution < 1.29 is 0 Å². The third kappa shape index (κ3) is 3.03. The molecule has 2 aromatic heterocycles. The quantitative estimate of drug-likeness (QED) is 0.523. The minimum absolute atomic E-state index is 0.109. The molecular weight excluding hydrogens is 368 g/mol. The first-order valence-corrected chi connectivity index (χ1v) is 9.00. The fraction of sp³-hybridized carbons (Fsp3) is 0.312. The van der Waals surface area contributed by atoms with Crippen LogP contribution >= 0.6 is 38.9 Å². The van der Waals surface area contributed by atoms with Crippen molar-refractivity contribution >= 4 is 49.9 Å². The predicted octanol–water partition coefficient (Wildman–Crippen LogP) is 5.77. The molecule has 1 aromatic carbocycles. The Balaban J connectivity index is 2.09. The van der Waals surface area contributed by atoms with Gasteiger partial charge in [0.15, 0.2) is 0 Å². The van der Waals surface area contributed by atoms with Gasteiger partial charge in [0.05, 0.1) is 23.0 Å². The highest BCUT2D eigenvalue weighted by Crippen LogP contribution is 2.29. The molecule has 0 aliphatic heterocycles. The highest BCUT2D eigenvalue weighted by atomic mass is 79.9. The van der Waals surface area contributed by atoms with E-state index in [0.29, 0.717) is 0 Å². The van der Waals surface area contributed by atoms with Gasteiger partial charge in [-0.25, -0.2) is 4.98 Å². The van der Waals surface area contributed by atoms with Crippen molar-refractivity contribution in [2.45, 2.75) is 32.2 Å². The molecular formula is C16H16BrClN2S. The van der Waals surface area contributed by atoms with Gasteiger partial charge in [0, 0.05) is 14.2 Å². The van der Waals surface area contributed by atoms with Crippen molar-refractivity contribution in [1.29, 1.82) is 0 Å². The van der Waals surface area contributed by atoms with Crippen molar-refractivity contribution in [3.05, 3.63) is 50.4 Å². The van der Waals surface area contributed by atoms with E-state index in [-0.39, 0.29) is 5.38 Å². The number of thiophene rings is 1. The number of halogens is 2. The molecule has 0 N–H and O–H groups in total. The third-order valence-corrected chi connectivity index (χ3v) is 5.38. The Kier molecular flexibility index (Phi) is 4.38. The summed E-state index contributed by atoms with van der Waals surface area (Å²) in [5.74, 6) is 0.927. The summed E-state index contributed by atoms with van der Waals surface area (Å²) < 4.78 is 3.29. The van der Waals surface area contributed by atoms with Gasteiger partial charge in [0.1, 0.15) is 5.82 Å². The molecule has 110 valence electrons. The molecule has 0 saturated heterocycles. The lowest BCUT2D eigenvalue weighted by Gasteiger charge is -2.09. The number of alkyl halides is 1. The Morgan fingerprint density at radius 3 is 2.71 bits per heavy atom. The normalized spacial score (nSPS) is 13.0. The zero-order valence-corrected chi connectivity index (χ0v) is 15.1. The van der Waals surface area contributed by atoms with Gasteiger partial charge >= 0.3 is 0 Å². The molecule has 0 spiro atoms. The molecule has 0 saturated carbocycles. The highest BCUT2D eigenvalue weighted by Gasteiger charge is 2.16. The minimum atomic E-state index is -0.109. The number of rotatable bonds is 4. The van der Waals surface area contributed by atoms with Crippen molar-refractivity contribution in [2.24, 2.45) is 0 Å². The van der Waals surface area contributed by atoms with Crippen LogP contribution in [0.25, 0.3) is 11.0 Å². The fourth-order valence-corrected chi connectivity index (χ4v) is 3.90. The summed E-state index contributed by atoms with van der Waals surface area (Å²) in [7, 11) is 0. The summed E-state index contributed by atoms with van der Waals surface area (Å²) in [6.07, 6.45) is 1.08. The first-order valence-electron chi connectivity index (χ1n) is 6.96. The number of nitrogens with zero attached hydrogens (tertiary/aromatic N) is 2. The van der Waals surface area contributed by atoms with E-state index >= 15 is 0 Å². The van der Waals surface area contributed by atoms with Crippen molar-refractivity contribution in [2.75, 3.05) is 0 Å². The highest BCUT2D eigenvalue weighted by molar-refractivity contribution is 9.10. The maximum Gasteiger partial charge on any atom is 0.128 e. The smallest absolute Gasteiger partial charge is 0.128 e. The van der Waals surface area contributed by atoms with E-state index in [1.165, 1.54) is 9.75 Å². The topological polar surface area (TPSA) is 17.8 Å². The SMILES string of the molecule is CCc1ccc(Cn2c(C(C)Cl)nc3ccc(Br)cc32)s1. The number of aromatic nitrogens is 2. The summed E-state index contributed by atoms with van der Waals surface area (Å²) in [6, 6.07) is 10.6. The van der Waals surface area contributed by atoms with E-state index in [9.17, 15) is 0 Å². The van der Waals surface area contributed by atoms with Gasteiger partial charge < -0.3 is 4.57 Å². The van der Waals surface area contributed by atoms with Crippen LogP contribution < -0.4 is 0 Å². The van der Waals surface area contributed by atoms with Crippen LogP contribution in [0.2, 0.25) is 0 Å². The molecule has 2 heterocycles. The van der Waals surface area contributed by atoms with Gasteiger partial charge in [-0.15, -0.1) is 22.9 Å². The molecule has 0 aliphatic rings. The second kappa shape index (κ2) is 6.11. The van der Waals surface area contributed by atoms with Crippen molar-refractivity contribution in [1.82, 2.24) is 9.55 Å². The van der Waals surface area contributed by atoms with Crippen LogP contribution in [0.15, 0.2) is 34.8 Å². The monoisotopic (exact) mass is 382 g/mol. The van der Waals surface area contributed by atoms with Gasteiger partial charge in [0.2, 0.25) is 0 Å². The number of imidazole rings is 1. The van der Waals surface area contributed by atoms with Crippen LogP contribution in [0.5, 0.6) is 0 Å². The van der Waals surface area contributed by atoms with Crippen molar-refractivity contribution in [3.63, 3.8) is 0 Å². The Bertz CT molecular complexity index is 776. The fourth-order valence-electron chi connectivity index (χ4n) is 2.44. The first kappa shape index (κ1) is 15.1. The van der Waals surface area contributed by atoms with Crippen LogP contribution in [0.4, 0.5) is 0 Å². The minimum Gasteiger partial charge on any atom is -0.321 e. The van der Waals surface area contributed by atoms with E-state index in [4.69, 9.17) is 16.6 Å². The van der Waals surface area contributed by atoms with Gasteiger partial charge in [-0.1, -0.05) is 22.9 Å². The molecule has 0 fully saturated rings. The molecule has 0 radical (unpaired) electrons. The second-order valence-electron chi connectivity index (χ2n) is 5.03. The maximum atomic E-state index is 6.33. The van der Waals surface area contributed by atoms with Gasteiger partial charge in [-0.05, 0) is 43.7 Å². The van der Waals surface area contributed by atoms with Gasteiger partial charge in [0.25, 0.3) is 0 Å². The summed E-state index contributed by atoms with van der Waals surface area (Å²) in [4.78, 5) is 7.44. The summed E-state index contributed by atoms with van der Waals surface area (Å²) >= 11 is 11.7. The van der Waals surface area contributed by atoms with E-state index in [1.807, 2.05) is 30.4 Å². The Morgan fingerprint density at radius 1 is 1.29 bits per heavy atom. The number of aryl methyl sites for hydroxylation is 1. The molecule has 0 bridgehead atoms. The molecule has 0 amide bonds. The van der Waals surface area contributed by atoms with Crippen LogP contribution in [0.3, 0.4) is 0 Å². The van der Waals surface area contributed by atoms with Gasteiger partial charge in [-0.3, -0.25) is 0 Å². The third-order valence-electron chi connectivity index (χ3n) is 3.48. The summed E-state index contributed by atoms with van der Waals surface area (Å²) in [5, 5.41) is -0.109. The number of fused-ring (bicyclic) bond motifs is 1. The average Bonchev–Trinajstić information content (AvgIpc) is 3.04. The van der Waals surface area contributed by atoms with Gasteiger partial charge in [-0.2, -0.15) is 0 Å². The largest absolute Gasteiger partial charge is 0.321 e. The summed E-state index contributed by atoms with van der Waals surface area (Å²) in [6.45, 7) is 4.98. The lowest BCUT2D eigenvalue weighted by Crippen LogP contribution is -2.04. The number of hydrogen-bond acceptors (Lipinski definition) is 2. The zero-order chi connectivity index (χ0) is 15.0. The average molecular weight is 384 g/mol. The molecule has 21 heavy (non-hydrogen) atoms. The Labute approximate surface area is 141 Å². The predicted molar refractivity (Wildman–Crippen MR) is 94.5 cm³/mol. The Hall–Kier alpha value is -0.840. The van der Waals surface area contributed by atoms with Crippen LogP contribution in [-0.2, 0) is 13.0 Å². The lowest BCUT2D eigenvalue weighted by molar-refractivity contribution is 0.750. The molecule has 1 unspecified atom stereocenters. The molecule has 5 heteroatoms. The van der Waals surface area contributed by atoms with E-state index in [2.05, 4.69) is 45.6 Å². The lowest BCUT2D eigenvalue weighted by atomic mass is 10.3. The number of benzene rings is 1. The molecule has 0 aliphatic carbocycles. The zero-order valence-electron chi connectivity index (χ0n) is 11.9. The van der Waals surface area contributed by atoms with E-state index in [0.717, 1.165) is 34.3 Å². The van der Waals surface area contributed by atoms with Crippen LogP contribution in [0.1, 0.15) is 34.8 Å². The van der Waals surface area contributed by atoms with Crippen LogP contribution in [0, 0.1) is 0 Å². The van der Waals surface area contributed by atoms with Crippen LogP contribution in [-0.4, -0.2) is 9.55 Å². The molecule has 3 rings (SSSR count). The van der Waals surface area contributed by atoms with E-state index < -0.39 is 0 Å². The molecule has 1 atom stereocenters. The molecule has 2 nitrogen and oxygen atoms in total. The second-order valence-corrected chi connectivity index (χ2v) is 7.85. The maximum absolute atomic E-state index is 6.33. The summed E-state index contributed by atoms with van der Waals surface area (Å²) in [5.41, 5.74) is 2.12. The molecule has 3 aromatic rings. The standard InChI is InChI=1S/C16H16BrClN2S/c1-3-12-5-6-13(21-12)9-20-15-8-11(17)4-7-14(15)19-16(20)10(2)18/h4-8,10H,3,9H2,1-2H3. The number of hydrogen-bond donors (Lipinski definition) is 0. The Morgan fingerprint density at radius 2 is 2.05 bits per heavy atom. The first-order chi connectivity index (χ1) is 10.1.